The maximum atomic E-state index is 13.5. The number of halogens is 2. The standard InChI is InChI=1S/C10H14F2N2O2S/c1-7-3-4-8(11)10(9(7)12)14-17(15,16)6-5-13-2/h3-4,13-14H,5-6H2,1-2H3. The highest BCUT2D eigenvalue weighted by Gasteiger charge is 2.17. The molecule has 1 aromatic rings. The Bertz CT molecular complexity index is 503. The molecule has 0 spiro atoms. The van der Waals surface area contributed by atoms with Gasteiger partial charge in [0.05, 0.1) is 5.75 Å². The quantitative estimate of drug-likeness (QED) is 0.841. The molecule has 0 saturated carbocycles. The summed E-state index contributed by atoms with van der Waals surface area (Å²) in [5.41, 5.74) is -0.446. The second-order valence-electron chi connectivity index (χ2n) is 3.58. The van der Waals surface area contributed by atoms with Gasteiger partial charge in [0.15, 0.2) is 5.82 Å². The van der Waals surface area contributed by atoms with E-state index in [4.69, 9.17) is 0 Å². The zero-order valence-electron chi connectivity index (χ0n) is 9.55. The first kappa shape index (κ1) is 13.9. The largest absolute Gasteiger partial charge is 0.319 e. The number of hydrogen-bond acceptors (Lipinski definition) is 3. The Morgan fingerprint density at radius 2 is 1.94 bits per heavy atom. The Kier molecular flexibility index (Phi) is 4.41. The summed E-state index contributed by atoms with van der Waals surface area (Å²) in [5.74, 6) is -2.07. The molecule has 17 heavy (non-hydrogen) atoms. The van der Waals surface area contributed by atoms with Gasteiger partial charge < -0.3 is 5.32 Å². The van der Waals surface area contributed by atoms with E-state index < -0.39 is 27.3 Å². The lowest BCUT2D eigenvalue weighted by Gasteiger charge is -2.10. The molecule has 1 aromatic carbocycles. The van der Waals surface area contributed by atoms with E-state index in [0.29, 0.717) is 0 Å². The average molecular weight is 264 g/mol. The van der Waals surface area contributed by atoms with E-state index in [1.807, 2.05) is 4.72 Å². The van der Waals surface area contributed by atoms with E-state index in [-0.39, 0.29) is 17.9 Å². The Hall–Kier alpha value is -1.21. The van der Waals surface area contributed by atoms with Gasteiger partial charge in [0.25, 0.3) is 0 Å². The molecule has 0 radical (unpaired) electrons. The van der Waals surface area contributed by atoms with E-state index >= 15 is 0 Å². The number of aryl methyl sites for hydroxylation is 1. The topological polar surface area (TPSA) is 58.2 Å². The Labute approximate surface area is 99.1 Å². The van der Waals surface area contributed by atoms with Crippen LogP contribution in [0.3, 0.4) is 0 Å². The summed E-state index contributed by atoms with van der Waals surface area (Å²) in [4.78, 5) is 0. The van der Waals surface area contributed by atoms with Gasteiger partial charge in [-0.3, -0.25) is 4.72 Å². The zero-order chi connectivity index (χ0) is 13.1. The fourth-order valence-corrected chi connectivity index (χ4v) is 2.27. The molecule has 0 unspecified atom stereocenters. The Morgan fingerprint density at radius 1 is 1.29 bits per heavy atom. The third-order valence-electron chi connectivity index (χ3n) is 2.16. The molecule has 0 aliphatic heterocycles. The lowest BCUT2D eigenvalue weighted by Crippen LogP contribution is -2.25. The Balaban J connectivity index is 2.99. The molecule has 0 saturated heterocycles. The van der Waals surface area contributed by atoms with Crippen molar-refractivity contribution >= 4 is 15.7 Å². The van der Waals surface area contributed by atoms with Gasteiger partial charge in [-0.2, -0.15) is 0 Å². The van der Waals surface area contributed by atoms with Crippen molar-refractivity contribution in [3.8, 4) is 0 Å². The first-order chi connectivity index (χ1) is 7.87. The van der Waals surface area contributed by atoms with E-state index in [1.54, 1.807) is 7.05 Å². The summed E-state index contributed by atoms with van der Waals surface area (Å²) in [6.07, 6.45) is 0. The van der Waals surface area contributed by atoms with Gasteiger partial charge in [0.1, 0.15) is 11.5 Å². The van der Waals surface area contributed by atoms with Crippen LogP contribution in [0.2, 0.25) is 0 Å². The number of anilines is 1. The summed E-state index contributed by atoms with van der Waals surface area (Å²) in [6.45, 7) is 1.63. The molecule has 0 heterocycles. The van der Waals surface area contributed by atoms with Crippen LogP contribution in [0.25, 0.3) is 0 Å². The number of rotatable bonds is 5. The summed E-state index contributed by atoms with van der Waals surface area (Å²) in [5, 5.41) is 2.64. The summed E-state index contributed by atoms with van der Waals surface area (Å²) < 4.78 is 51.7. The molecule has 0 amide bonds. The number of nitrogens with one attached hydrogen (secondary N) is 2. The van der Waals surface area contributed by atoms with Gasteiger partial charge >= 0.3 is 0 Å². The van der Waals surface area contributed by atoms with Crippen molar-refractivity contribution in [1.29, 1.82) is 0 Å². The molecule has 0 bridgehead atoms. The van der Waals surface area contributed by atoms with E-state index in [2.05, 4.69) is 5.32 Å². The van der Waals surface area contributed by atoms with Crippen molar-refractivity contribution < 1.29 is 17.2 Å². The van der Waals surface area contributed by atoms with Crippen LogP contribution < -0.4 is 10.0 Å². The van der Waals surface area contributed by atoms with E-state index in [9.17, 15) is 17.2 Å². The second kappa shape index (κ2) is 5.42. The van der Waals surface area contributed by atoms with E-state index in [0.717, 1.165) is 6.07 Å². The highest BCUT2D eigenvalue weighted by molar-refractivity contribution is 7.92. The minimum atomic E-state index is -3.75. The normalized spacial score (nSPS) is 11.5. The fourth-order valence-electron chi connectivity index (χ4n) is 1.19. The highest BCUT2D eigenvalue weighted by atomic mass is 32.2. The lowest BCUT2D eigenvalue weighted by atomic mass is 10.2. The van der Waals surface area contributed by atoms with Crippen molar-refractivity contribution in [3.05, 3.63) is 29.3 Å². The zero-order valence-corrected chi connectivity index (χ0v) is 10.4. The molecule has 7 heteroatoms. The minimum Gasteiger partial charge on any atom is -0.319 e. The number of benzene rings is 1. The molecule has 0 atom stereocenters. The van der Waals surface area contributed by atoms with Crippen molar-refractivity contribution in [3.63, 3.8) is 0 Å². The van der Waals surface area contributed by atoms with Gasteiger partial charge in [0, 0.05) is 6.54 Å². The van der Waals surface area contributed by atoms with Crippen molar-refractivity contribution in [2.24, 2.45) is 0 Å². The fraction of sp³-hybridized carbons (Fsp3) is 0.400. The van der Waals surface area contributed by atoms with Crippen LogP contribution in [0.15, 0.2) is 12.1 Å². The van der Waals surface area contributed by atoms with Crippen LogP contribution in [0.4, 0.5) is 14.5 Å². The molecule has 96 valence electrons. The molecule has 0 fully saturated rings. The monoisotopic (exact) mass is 264 g/mol. The van der Waals surface area contributed by atoms with Crippen LogP contribution in [-0.4, -0.2) is 27.8 Å². The van der Waals surface area contributed by atoms with Crippen LogP contribution >= 0.6 is 0 Å². The SMILES string of the molecule is CNCCS(=O)(=O)Nc1c(F)ccc(C)c1F. The molecule has 0 aliphatic carbocycles. The first-order valence-electron chi connectivity index (χ1n) is 4.97. The van der Waals surface area contributed by atoms with Gasteiger partial charge in [-0.15, -0.1) is 0 Å². The molecule has 1 rings (SSSR count). The number of sulfonamides is 1. The van der Waals surface area contributed by atoms with Crippen molar-refractivity contribution in [2.45, 2.75) is 6.92 Å². The Morgan fingerprint density at radius 3 is 2.53 bits per heavy atom. The van der Waals surface area contributed by atoms with Gasteiger partial charge in [0.2, 0.25) is 10.0 Å². The smallest absolute Gasteiger partial charge is 0.234 e. The summed E-state index contributed by atoms with van der Waals surface area (Å²) in [7, 11) is -2.16. The van der Waals surface area contributed by atoms with Crippen LogP contribution in [0, 0.1) is 18.6 Å². The molecule has 0 aliphatic rings. The van der Waals surface area contributed by atoms with Gasteiger partial charge in [-0.05, 0) is 25.6 Å². The first-order valence-corrected chi connectivity index (χ1v) is 6.62. The van der Waals surface area contributed by atoms with Crippen molar-refractivity contribution in [2.75, 3.05) is 24.1 Å². The molecular formula is C10H14F2N2O2S. The molecule has 4 nitrogen and oxygen atoms in total. The predicted molar refractivity (Wildman–Crippen MR) is 62.4 cm³/mol. The summed E-state index contributed by atoms with van der Waals surface area (Å²) in [6, 6.07) is 2.27. The third kappa shape index (κ3) is 3.64. The van der Waals surface area contributed by atoms with Crippen LogP contribution in [-0.2, 0) is 10.0 Å². The average Bonchev–Trinajstić information content (AvgIpc) is 2.27. The molecule has 0 aromatic heterocycles. The van der Waals surface area contributed by atoms with Crippen molar-refractivity contribution in [1.82, 2.24) is 5.32 Å². The third-order valence-corrected chi connectivity index (χ3v) is 3.42. The maximum Gasteiger partial charge on any atom is 0.234 e. The molecule has 2 N–H and O–H groups in total. The lowest BCUT2D eigenvalue weighted by molar-refractivity contribution is 0.578. The van der Waals surface area contributed by atoms with Gasteiger partial charge in [-0.1, -0.05) is 6.07 Å². The van der Waals surface area contributed by atoms with Gasteiger partial charge in [-0.25, -0.2) is 17.2 Å². The van der Waals surface area contributed by atoms with Crippen LogP contribution in [0.5, 0.6) is 0 Å². The maximum absolute atomic E-state index is 13.5. The number of hydrogen-bond donors (Lipinski definition) is 2. The summed E-state index contributed by atoms with van der Waals surface area (Å²) >= 11 is 0. The second-order valence-corrected chi connectivity index (χ2v) is 5.42. The molecular weight excluding hydrogens is 250 g/mol. The highest BCUT2D eigenvalue weighted by Crippen LogP contribution is 2.22. The predicted octanol–water partition coefficient (Wildman–Crippen LogP) is 1.23. The van der Waals surface area contributed by atoms with E-state index in [1.165, 1.54) is 13.0 Å². The minimum absolute atomic E-state index is 0.178. The van der Waals surface area contributed by atoms with Crippen LogP contribution in [0.1, 0.15) is 5.56 Å².